The lowest BCUT2D eigenvalue weighted by molar-refractivity contribution is -0.121. The summed E-state index contributed by atoms with van der Waals surface area (Å²) < 4.78 is 0. The van der Waals surface area contributed by atoms with Gasteiger partial charge in [0.25, 0.3) is 0 Å². The van der Waals surface area contributed by atoms with E-state index in [1.54, 1.807) is 0 Å². The van der Waals surface area contributed by atoms with Crippen LogP contribution in [0, 0.1) is 5.92 Å². The van der Waals surface area contributed by atoms with Crippen LogP contribution >= 0.6 is 0 Å². The molecule has 0 unspecified atom stereocenters. The highest BCUT2D eigenvalue weighted by Gasteiger charge is 2.21. The van der Waals surface area contributed by atoms with Gasteiger partial charge in [-0.1, -0.05) is 19.8 Å². The second-order valence-corrected chi connectivity index (χ2v) is 5.99. The Hall–Kier alpha value is -1.10. The summed E-state index contributed by atoms with van der Waals surface area (Å²) in [5, 5.41) is 5.30. The lowest BCUT2D eigenvalue weighted by Crippen LogP contribution is -2.48. The summed E-state index contributed by atoms with van der Waals surface area (Å²) in [5.41, 5.74) is 0. The third-order valence-corrected chi connectivity index (χ3v) is 4.05. The average Bonchev–Trinajstić information content (AvgIpc) is 2.81. The molecule has 0 aromatic heterocycles. The minimum atomic E-state index is -0.332. The lowest BCUT2D eigenvalue weighted by atomic mass is 10.0. The van der Waals surface area contributed by atoms with Crippen molar-refractivity contribution in [1.82, 2.24) is 15.5 Å². The van der Waals surface area contributed by atoms with E-state index in [1.807, 2.05) is 0 Å². The molecule has 19 heavy (non-hydrogen) atoms. The van der Waals surface area contributed by atoms with Crippen molar-refractivity contribution >= 4 is 11.9 Å². The Morgan fingerprint density at radius 3 is 2.58 bits per heavy atom. The normalized spacial score (nSPS) is 25.2. The van der Waals surface area contributed by atoms with Crippen LogP contribution in [0.4, 0.5) is 4.79 Å². The zero-order valence-electron chi connectivity index (χ0n) is 11.8. The maximum atomic E-state index is 11.8. The molecule has 0 aromatic carbocycles. The fourth-order valence-corrected chi connectivity index (χ4v) is 3.09. The molecule has 0 bridgehead atoms. The molecule has 108 valence electrons. The summed E-state index contributed by atoms with van der Waals surface area (Å²) in [4.78, 5) is 25.6. The molecule has 0 spiro atoms. The molecule has 5 heteroatoms. The number of carbonyl (C=O) groups is 2. The molecule has 0 radical (unpaired) electrons. The second kappa shape index (κ2) is 6.89. The van der Waals surface area contributed by atoms with Gasteiger partial charge in [-0.2, -0.15) is 0 Å². The number of likely N-dealkylation sites (tertiary alicyclic amines) is 1. The topological polar surface area (TPSA) is 61.4 Å². The first-order chi connectivity index (χ1) is 9.13. The Labute approximate surface area is 115 Å². The summed E-state index contributed by atoms with van der Waals surface area (Å²) in [6.45, 7) is 4.46. The molecular weight excluding hydrogens is 242 g/mol. The Morgan fingerprint density at radius 2 is 1.89 bits per heavy atom. The number of piperidine rings is 1. The predicted octanol–water partition coefficient (Wildman–Crippen LogP) is 1.49. The van der Waals surface area contributed by atoms with Gasteiger partial charge >= 0.3 is 6.03 Å². The first-order valence-electron chi connectivity index (χ1n) is 7.46. The lowest BCUT2D eigenvalue weighted by Gasteiger charge is -2.30. The van der Waals surface area contributed by atoms with Gasteiger partial charge in [0.1, 0.15) is 0 Å². The molecular formula is C14H25N3O2. The zero-order valence-corrected chi connectivity index (χ0v) is 11.8. The maximum absolute atomic E-state index is 11.8. The minimum Gasteiger partial charge on any atom is -0.335 e. The fraction of sp³-hybridized carbons (Fsp3) is 0.857. The Kier molecular flexibility index (Phi) is 5.19. The first kappa shape index (κ1) is 14.3. The standard InChI is InChI=1S/C14H25N3O2/c1-11-5-4-8-17(9-11)10-13(18)16-14(19)15-12-6-2-3-7-12/h11-12H,2-10H2,1H3,(H2,15,16,18,19)/t11-/m0/s1. The van der Waals surface area contributed by atoms with Crippen molar-refractivity contribution in [2.75, 3.05) is 19.6 Å². The van der Waals surface area contributed by atoms with E-state index in [0.29, 0.717) is 12.5 Å². The van der Waals surface area contributed by atoms with Gasteiger partial charge in [0.2, 0.25) is 5.91 Å². The van der Waals surface area contributed by atoms with Gasteiger partial charge in [0.05, 0.1) is 6.54 Å². The minimum absolute atomic E-state index is 0.190. The van der Waals surface area contributed by atoms with Crippen LogP contribution in [0.2, 0.25) is 0 Å². The van der Waals surface area contributed by atoms with Crippen molar-refractivity contribution in [1.29, 1.82) is 0 Å². The van der Waals surface area contributed by atoms with Crippen LogP contribution in [-0.2, 0) is 4.79 Å². The highest BCUT2D eigenvalue weighted by Crippen LogP contribution is 2.17. The Balaban J connectivity index is 1.66. The van der Waals surface area contributed by atoms with Crippen molar-refractivity contribution in [3.8, 4) is 0 Å². The molecule has 2 fully saturated rings. The molecule has 1 atom stereocenters. The average molecular weight is 267 g/mol. The monoisotopic (exact) mass is 267 g/mol. The first-order valence-corrected chi connectivity index (χ1v) is 7.46. The molecule has 0 aromatic rings. The van der Waals surface area contributed by atoms with Crippen LogP contribution < -0.4 is 10.6 Å². The summed E-state index contributed by atoms with van der Waals surface area (Å²) in [6, 6.07) is -0.0789. The van der Waals surface area contributed by atoms with Crippen LogP contribution in [0.25, 0.3) is 0 Å². The van der Waals surface area contributed by atoms with Gasteiger partial charge in [-0.3, -0.25) is 15.0 Å². The van der Waals surface area contributed by atoms with Crippen molar-refractivity contribution < 1.29 is 9.59 Å². The van der Waals surface area contributed by atoms with E-state index >= 15 is 0 Å². The smallest absolute Gasteiger partial charge is 0.321 e. The molecule has 3 amide bonds. The summed E-state index contributed by atoms with van der Waals surface area (Å²) in [7, 11) is 0. The molecule has 1 saturated heterocycles. The third kappa shape index (κ3) is 4.82. The SMILES string of the molecule is C[C@H]1CCCN(CC(=O)NC(=O)NC2CCCC2)C1. The van der Waals surface area contributed by atoms with Crippen LogP contribution in [0.15, 0.2) is 0 Å². The van der Waals surface area contributed by atoms with Gasteiger partial charge in [-0.15, -0.1) is 0 Å². The van der Waals surface area contributed by atoms with Crippen molar-refractivity contribution in [3.05, 3.63) is 0 Å². The van der Waals surface area contributed by atoms with Crippen molar-refractivity contribution in [2.24, 2.45) is 5.92 Å². The molecule has 2 aliphatic rings. The Bertz CT molecular complexity index is 327. The number of hydrogen-bond donors (Lipinski definition) is 2. The summed E-state index contributed by atoms with van der Waals surface area (Å²) in [5.74, 6) is 0.457. The maximum Gasteiger partial charge on any atom is 0.321 e. The second-order valence-electron chi connectivity index (χ2n) is 5.99. The predicted molar refractivity (Wildman–Crippen MR) is 73.8 cm³/mol. The molecule has 2 N–H and O–H groups in total. The number of nitrogens with zero attached hydrogens (tertiary/aromatic N) is 1. The Morgan fingerprint density at radius 1 is 1.16 bits per heavy atom. The fourth-order valence-electron chi connectivity index (χ4n) is 3.09. The number of amides is 3. The van der Waals surface area contributed by atoms with E-state index in [0.717, 1.165) is 32.4 Å². The van der Waals surface area contributed by atoms with E-state index in [-0.39, 0.29) is 18.0 Å². The van der Waals surface area contributed by atoms with Crippen LogP contribution in [0.1, 0.15) is 45.4 Å². The summed E-state index contributed by atoms with van der Waals surface area (Å²) >= 11 is 0. The molecule has 1 saturated carbocycles. The van der Waals surface area contributed by atoms with E-state index in [4.69, 9.17) is 0 Å². The molecule has 1 aliphatic carbocycles. The van der Waals surface area contributed by atoms with Gasteiger partial charge < -0.3 is 5.32 Å². The zero-order chi connectivity index (χ0) is 13.7. The van der Waals surface area contributed by atoms with Gasteiger partial charge in [0.15, 0.2) is 0 Å². The highest BCUT2D eigenvalue weighted by atomic mass is 16.2. The quantitative estimate of drug-likeness (QED) is 0.814. The van der Waals surface area contributed by atoms with Crippen molar-refractivity contribution in [3.63, 3.8) is 0 Å². The van der Waals surface area contributed by atoms with Crippen molar-refractivity contribution in [2.45, 2.75) is 51.5 Å². The van der Waals surface area contributed by atoms with Crippen LogP contribution in [0.3, 0.4) is 0 Å². The van der Waals surface area contributed by atoms with Gasteiger partial charge in [-0.05, 0) is 38.1 Å². The van der Waals surface area contributed by atoms with Gasteiger partial charge in [-0.25, -0.2) is 4.79 Å². The number of carbonyl (C=O) groups excluding carboxylic acids is 2. The van der Waals surface area contributed by atoms with E-state index in [2.05, 4.69) is 22.5 Å². The van der Waals surface area contributed by atoms with Crippen LogP contribution in [-0.4, -0.2) is 42.5 Å². The number of imide groups is 1. The molecule has 1 heterocycles. The highest BCUT2D eigenvalue weighted by molar-refractivity contribution is 5.95. The molecule has 2 rings (SSSR count). The number of urea groups is 1. The molecule has 5 nitrogen and oxygen atoms in total. The van der Waals surface area contributed by atoms with E-state index < -0.39 is 0 Å². The van der Waals surface area contributed by atoms with Gasteiger partial charge in [0, 0.05) is 12.6 Å². The third-order valence-electron chi connectivity index (χ3n) is 4.05. The largest absolute Gasteiger partial charge is 0.335 e. The van der Waals surface area contributed by atoms with E-state index in [1.165, 1.54) is 19.3 Å². The summed E-state index contributed by atoms with van der Waals surface area (Å²) in [6.07, 6.45) is 6.79. The number of nitrogens with one attached hydrogen (secondary N) is 2. The van der Waals surface area contributed by atoms with E-state index in [9.17, 15) is 9.59 Å². The van der Waals surface area contributed by atoms with Crippen LogP contribution in [0.5, 0.6) is 0 Å². The number of rotatable bonds is 3. The number of hydrogen-bond acceptors (Lipinski definition) is 3. The molecule has 1 aliphatic heterocycles.